The third-order valence-corrected chi connectivity index (χ3v) is 2.26. The van der Waals surface area contributed by atoms with Crippen LogP contribution in [0.4, 0.5) is 0 Å². The maximum Gasteiger partial charge on any atom is 0.271 e. The summed E-state index contributed by atoms with van der Waals surface area (Å²) in [7, 11) is 0. The number of carbonyl (C=O) groups excluding carboxylic acids is 1. The van der Waals surface area contributed by atoms with Gasteiger partial charge in [0.05, 0.1) is 11.4 Å². The Bertz CT molecular complexity index is 517. The molecular weight excluding hydrogens is 216 g/mol. The van der Waals surface area contributed by atoms with Gasteiger partial charge in [-0.2, -0.15) is 5.10 Å². The van der Waals surface area contributed by atoms with E-state index in [1.165, 1.54) is 0 Å². The molecule has 2 N–H and O–H groups in total. The van der Waals surface area contributed by atoms with Crippen LogP contribution in [0.15, 0.2) is 48.0 Å². The highest BCUT2D eigenvalue weighted by Gasteiger charge is 2.03. The van der Waals surface area contributed by atoms with Gasteiger partial charge < -0.3 is 4.98 Å². The zero-order valence-corrected chi connectivity index (χ0v) is 9.34. The van der Waals surface area contributed by atoms with E-state index in [0.29, 0.717) is 5.56 Å². The van der Waals surface area contributed by atoms with Gasteiger partial charge in [-0.1, -0.05) is 0 Å². The van der Waals surface area contributed by atoms with Crippen molar-refractivity contribution in [1.29, 1.82) is 0 Å². The van der Waals surface area contributed by atoms with Gasteiger partial charge in [0, 0.05) is 24.2 Å². The number of amides is 1. The maximum atomic E-state index is 11.7. The predicted molar refractivity (Wildman–Crippen MR) is 64.7 cm³/mol. The van der Waals surface area contributed by atoms with E-state index in [2.05, 4.69) is 20.5 Å². The molecule has 5 heteroatoms. The molecule has 0 unspecified atom stereocenters. The van der Waals surface area contributed by atoms with Crippen molar-refractivity contribution in [2.75, 3.05) is 0 Å². The van der Waals surface area contributed by atoms with Gasteiger partial charge in [0.25, 0.3) is 5.91 Å². The van der Waals surface area contributed by atoms with Crippen LogP contribution in [0.3, 0.4) is 0 Å². The van der Waals surface area contributed by atoms with Gasteiger partial charge >= 0.3 is 0 Å². The first kappa shape index (κ1) is 11.1. The van der Waals surface area contributed by atoms with E-state index >= 15 is 0 Å². The second-order valence-corrected chi connectivity index (χ2v) is 3.46. The molecule has 0 aliphatic rings. The van der Waals surface area contributed by atoms with Gasteiger partial charge in [0.15, 0.2) is 0 Å². The van der Waals surface area contributed by atoms with E-state index in [9.17, 15) is 4.79 Å². The fourth-order valence-corrected chi connectivity index (χ4v) is 1.32. The van der Waals surface area contributed by atoms with E-state index in [-0.39, 0.29) is 5.91 Å². The lowest BCUT2D eigenvalue weighted by molar-refractivity contribution is 0.0954. The molecule has 0 radical (unpaired) electrons. The largest absolute Gasteiger partial charge is 0.360 e. The minimum atomic E-state index is -0.252. The average molecular weight is 228 g/mol. The molecule has 0 fully saturated rings. The molecule has 2 heterocycles. The summed E-state index contributed by atoms with van der Waals surface area (Å²) in [6.07, 6.45) is 4.94. The first-order valence-electron chi connectivity index (χ1n) is 5.16. The number of hydrogen-bond donors (Lipinski definition) is 2. The molecule has 2 aromatic rings. The van der Waals surface area contributed by atoms with Crippen molar-refractivity contribution < 1.29 is 4.79 Å². The number of rotatable bonds is 3. The maximum absolute atomic E-state index is 11.7. The summed E-state index contributed by atoms with van der Waals surface area (Å²) in [6, 6.07) is 7.03. The Kier molecular flexibility index (Phi) is 3.30. The summed E-state index contributed by atoms with van der Waals surface area (Å²) in [5.41, 5.74) is 4.61. The van der Waals surface area contributed by atoms with Crippen molar-refractivity contribution >= 4 is 11.6 Å². The lowest BCUT2D eigenvalue weighted by Gasteiger charge is -2.00. The Labute approximate surface area is 98.6 Å². The number of hydrazone groups is 1. The van der Waals surface area contributed by atoms with Crippen molar-refractivity contribution in [2.45, 2.75) is 6.92 Å². The number of H-pyrrole nitrogens is 1. The van der Waals surface area contributed by atoms with E-state index < -0.39 is 0 Å². The summed E-state index contributed by atoms with van der Waals surface area (Å²) in [6.45, 7) is 1.82. The molecular formula is C12H12N4O. The van der Waals surface area contributed by atoms with Gasteiger partial charge in [0.2, 0.25) is 0 Å². The van der Waals surface area contributed by atoms with Crippen molar-refractivity contribution in [3.8, 4) is 0 Å². The van der Waals surface area contributed by atoms with Crippen LogP contribution in [0.2, 0.25) is 0 Å². The topological polar surface area (TPSA) is 70.1 Å². The van der Waals surface area contributed by atoms with Crippen LogP contribution in [0.25, 0.3) is 0 Å². The quantitative estimate of drug-likeness (QED) is 0.618. The Morgan fingerprint density at radius 2 is 2.12 bits per heavy atom. The normalized spacial score (nSPS) is 11.2. The molecule has 2 aromatic heterocycles. The Morgan fingerprint density at radius 1 is 1.35 bits per heavy atom. The van der Waals surface area contributed by atoms with Gasteiger partial charge in [-0.25, -0.2) is 5.43 Å². The molecule has 0 aromatic carbocycles. The molecule has 0 aliphatic heterocycles. The number of pyridine rings is 1. The van der Waals surface area contributed by atoms with Crippen molar-refractivity contribution in [1.82, 2.24) is 15.4 Å². The van der Waals surface area contributed by atoms with E-state index in [1.54, 1.807) is 30.7 Å². The third kappa shape index (κ3) is 2.78. The first-order valence-corrected chi connectivity index (χ1v) is 5.16. The number of carbonyl (C=O) groups is 1. The number of nitrogens with one attached hydrogen (secondary N) is 2. The van der Waals surface area contributed by atoms with Crippen LogP contribution in [0.1, 0.15) is 23.0 Å². The Morgan fingerprint density at radius 3 is 2.76 bits per heavy atom. The second kappa shape index (κ2) is 5.07. The molecule has 0 saturated heterocycles. The highest BCUT2D eigenvalue weighted by Crippen LogP contribution is 1.98. The van der Waals surface area contributed by atoms with Crippen LogP contribution in [0, 0.1) is 0 Å². The molecule has 0 aliphatic carbocycles. The second-order valence-electron chi connectivity index (χ2n) is 3.46. The number of nitrogens with zero attached hydrogens (tertiary/aromatic N) is 2. The fourth-order valence-electron chi connectivity index (χ4n) is 1.32. The summed E-state index contributed by atoms with van der Waals surface area (Å²) in [4.78, 5) is 18.5. The molecule has 86 valence electrons. The molecule has 0 spiro atoms. The molecule has 5 nitrogen and oxygen atoms in total. The highest BCUT2D eigenvalue weighted by atomic mass is 16.2. The summed E-state index contributed by atoms with van der Waals surface area (Å²) in [5.74, 6) is -0.252. The summed E-state index contributed by atoms with van der Waals surface area (Å²) in [5, 5.41) is 4.01. The van der Waals surface area contributed by atoms with E-state index in [1.807, 2.05) is 19.1 Å². The Balaban J connectivity index is 2.04. The fraction of sp³-hybridized carbons (Fsp3) is 0.0833. The third-order valence-electron chi connectivity index (χ3n) is 2.26. The molecule has 17 heavy (non-hydrogen) atoms. The number of aromatic amines is 1. The molecule has 0 saturated carbocycles. The van der Waals surface area contributed by atoms with Crippen LogP contribution in [-0.4, -0.2) is 21.6 Å². The minimum Gasteiger partial charge on any atom is -0.360 e. The number of aromatic nitrogens is 2. The first-order chi connectivity index (χ1) is 8.27. The van der Waals surface area contributed by atoms with Crippen LogP contribution >= 0.6 is 0 Å². The minimum absolute atomic E-state index is 0.252. The molecule has 0 atom stereocenters. The summed E-state index contributed by atoms with van der Waals surface area (Å²) < 4.78 is 0. The van der Waals surface area contributed by atoms with E-state index in [0.717, 1.165) is 11.4 Å². The van der Waals surface area contributed by atoms with Gasteiger partial charge in [-0.05, 0) is 31.2 Å². The monoisotopic (exact) mass is 228 g/mol. The van der Waals surface area contributed by atoms with Crippen LogP contribution in [-0.2, 0) is 0 Å². The van der Waals surface area contributed by atoms with Crippen molar-refractivity contribution in [3.05, 3.63) is 54.1 Å². The standard InChI is InChI=1S/C12H12N4O/c1-9(11-3-2-6-14-11)15-16-12(17)10-4-7-13-8-5-10/h2-8,14H,1H3,(H,16,17)/b15-9+. The lowest BCUT2D eigenvalue weighted by atomic mass is 10.2. The number of hydrogen-bond acceptors (Lipinski definition) is 3. The molecule has 0 bridgehead atoms. The van der Waals surface area contributed by atoms with Crippen molar-refractivity contribution in [2.24, 2.45) is 5.10 Å². The zero-order chi connectivity index (χ0) is 12.1. The Hall–Kier alpha value is -2.43. The van der Waals surface area contributed by atoms with Gasteiger partial charge in [0.1, 0.15) is 0 Å². The lowest BCUT2D eigenvalue weighted by Crippen LogP contribution is -2.19. The smallest absolute Gasteiger partial charge is 0.271 e. The van der Waals surface area contributed by atoms with Crippen LogP contribution in [0.5, 0.6) is 0 Å². The molecule has 2 rings (SSSR count). The SMILES string of the molecule is C/C(=N\NC(=O)c1ccncc1)c1ccc[nH]1. The zero-order valence-electron chi connectivity index (χ0n) is 9.34. The van der Waals surface area contributed by atoms with Crippen LogP contribution < -0.4 is 5.43 Å². The summed E-state index contributed by atoms with van der Waals surface area (Å²) >= 11 is 0. The van der Waals surface area contributed by atoms with Crippen molar-refractivity contribution in [3.63, 3.8) is 0 Å². The van der Waals surface area contributed by atoms with E-state index in [4.69, 9.17) is 0 Å². The van der Waals surface area contributed by atoms with Gasteiger partial charge in [-0.3, -0.25) is 9.78 Å². The average Bonchev–Trinajstić information content (AvgIpc) is 2.90. The predicted octanol–water partition coefficient (Wildman–Crippen LogP) is 1.56. The molecule has 1 amide bonds. The van der Waals surface area contributed by atoms with Gasteiger partial charge in [-0.15, -0.1) is 0 Å². The highest BCUT2D eigenvalue weighted by molar-refractivity contribution is 5.99.